The summed E-state index contributed by atoms with van der Waals surface area (Å²) in [7, 11) is 3.25. The highest BCUT2D eigenvalue weighted by Crippen LogP contribution is 2.29. The van der Waals surface area contributed by atoms with Crippen molar-refractivity contribution in [1.82, 2.24) is 15.1 Å². The van der Waals surface area contributed by atoms with Crippen molar-refractivity contribution >= 4 is 11.7 Å². The summed E-state index contributed by atoms with van der Waals surface area (Å²) in [6, 6.07) is 7.38. The Kier molecular flexibility index (Phi) is 5.92. The SMILES string of the molecule is C.CNC(=O)c1c(-c2ccc(C(O)C(C)C)cc2)nn(C)c1N. The lowest BCUT2D eigenvalue weighted by molar-refractivity contribution is 0.0964. The quantitative estimate of drug-likeness (QED) is 0.806. The zero-order chi connectivity index (χ0) is 16.4. The van der Waals surface area contributed by atoms with E-state index in [1.807, 2.05) is 38.1 Å². The van der Waals surface area contributed by atoms with Crippen LogP contribution >= 0.6 is 0 Å². The zero-order valence-corrected chi connectivity index (χ0v) is 13.3. The number of hydrogen-bond donors (Lipinski definition) is 3. The molecule has 0 saturated heterocycles. The Hall–Kier alpha value is -2.34. The molecule has 1 amide bonds. The Bertz CT molecular complexity index is 675. The third-order valence-corrected chi connectivity index (χ3v) is 3.70. The molecule has 1 unspecified atom stereocenters. The van der Waals surface area contributed by atoms with E-state index >= 15 is 0 Å². The second-order valence-electron chi connectivity index (χ2n) is 5.62. The van der Waals surface area contributed by atoms with Gasteiger partial charge < -0.3 is 16.2 Å². The van der Waals surface area contributed by atoms with E-state index in [-0.39, 0.29) is 19.3 Å². The fraction of sp³-hybridized carbons (Fsp3) is 0.412. The predicted molar refractivity (Wildman–Crippen MR) is 93.0 cm³/mol. The Morgan fingerprint density at radius 1 is 1.30 bits per heavy atom. The number of nitrogens with two attached hydrogens (primary N) is 1. The Labute approximate surface area is 137 Å². The lowest BCUT2D eigenvalue weighted by Crippen LogP contribution is -2.19. The number of benzene rings is 1. The van der Waals surface area contributed by atoms with E-state index in [0.717, 1.165) is 11.1 Å². The second kappa shape index (κ2) is 7.28. The number of amides is 1. The van der Waals surface area contributed by atoms with Crippen molar-refractivity contribution in [3.05, 3.63) is 35.4 Å². The molecule has 1 atom stereocenters. The van der Waals surface area contributed by atoms with E-state index in [4.69, 9.17) is 5.73 Å². The van der Waals surface area contributed by atoms with Gasteiger partial charge in [-0.1, -0.05) is 45.5 Å². The third-order valence-electron chi connectivity index (χ3n) is 3.70. The Balaban J connectivity index is 0.00000264. The van der Waals surface area contributed by atoms with Gasteiger partial charge in [-0.3, -0.25) is 9.48 Å². The van der Waals surface area contributed by atoms with Crippen molar-refractivity contribution in [2.75, 3.05) is 12.8 Å². The number of carbonyl (C=O) groups excluding carboxylic acids is 1. The Morgan fingerprint density at radius 3 is 2.35 bits per heavy atom. The first-order valence-corrected chi connectivity index (χ1v) is 7.19. The summed E-state index contributed by atoms with van der Waals surface area (Å²) in [5.41, 5.74) is 8.45. The summed E-state index contributed by atoms with van der Waals surface area (Å²) in [6.07, 6.45) is -0.513. The normalized spacial score (nSPS) is 11.9. The number of rotatable bonds is 4. The number of carbonyl (C=O) groups is 1. The van der Waals surface area contributed by atoms with Gasteiger partial charge in [0.2, 0.25) is 0 Å². The molecule has 0 radical (unpaired) electrons. The molecule has 4 N–H and O–H groups in total. The molecule has 0 saturated carbocycles. The van der Waals surface area contributed by atoms with Gasteiger partial charge in [-0.25, -0.2) is 0 Å². The molecule has 0 aliphatic carbocycles. The maximum atomic E-state index is 12.0. The van der Waals surface area contributed by atoms with Gasteiger partial charge in [0.05, 0.1) is 6.10 Å². The highest BCUT2D eigenvalue weighted by atomic mass is 16.3. The molecule has 1 heterocycles. The van der Waals surface area contributed by atoms with Crippen LogP contribution in [0.3, 0.4) is 0 Å². The monoisotopic (exact) mass is 318 g/mol. The first kappa shape index (κ1) is 18.7. The number of anilines is 1. The molecule has 6 heteroatoms. The summed E-state index contributed by atoms with van der Waals surface area (Å²) < 4.78 is 1.48. The number of nitrogens with zero attached hydrogens (tertiary/aromatic N) is 2. The van der Waals surface area contributed by atoms with Gasteiger partial charge in [0.1, 0.15) is 17.1 Å². The topological polar surface area (TPSA) is 93.2 Å². The summed E-state index contributed by atoms with van der Waals surface area (Å²) >= 11 is 0. The van der Waals surface area contributed by atoms with E-state index < -0.39 is 6.10 Å². The molecule has 0 aliphatic rings. The van der Waals surface area contributed by atoms with Crippen LogP contribution in [0.1, 0.15) is 43.3 Å². The molecule has 23 heavy (non-hydrogen) atoms. The largest absolute Gasteiger partial charge is 0.388 e. The van der Waals surface area contributed by atoms with Crippen LogP contribution in [0.25, 0.3) is 11.3 Å². The van der Waals surface area contributed by atoms with Crippen molar-refractivity contribution in [1.29, 1.82) is 0 Å². The van der Waals surface area contributed by atoms with Gasteiger partial charge in [0, 0.05) is 19.7 Å². The lowest BCUT2D eigenvalue weighted by Gasteiger charge is -2.15. The molecular weight excluding hydrogens is 292 g/mol. The smallest absolute Gasteiger partial charge is 0.257 e. The first-order chi connectivity index (χ1) is 10.4. The van der Waals surface area contributed by atoms with Crippen molar-refractivity contribution in [3.63, 3.8) is 0 Å². The first-order valence-electron chi connectivity index (χ1n) is 7.19. The standard InChI is InChI=1S/C16H22N4O2.CH4/c1-9(2)14(21)11-7-5-10(6-8-11)13-12(16(22)18-3)15(17)20(4)19-13;/h5-9,14,21H,17H2,1-4H3,(H,18,22);1H4. The molecule has 1 aromatic heterocycles. The number of aliphatic hydroxyl groups is 1. The average Bonchev–Trinajstić information content (AvgIpc) is 2.81. The van der Waals surface area contributed by atoms with Crippen molar-refractivity contribution in [2.24, 2.45) is 13.0 Å². The summed E-state index contributed by atoms with van der Waals surface area (Å²) in [6.45, 7) is 3.92. The third kappa shape index (κ3) is 3.53. The minimum atomic E-state index is -0.513. The highest BCUT2D eigenvalue weighted by Gasteiger charge is 2.21. The molecular formula is C17H26N4O2. The van der Waals surface area contributed by atoms with Crippen LogP contribution in [0.2, 0.25) is 0 Å². The number of hydrogen-bond acceptors (Lipinski definition) is 4. The van der Waals surface area contributed by atoms with Gasteiger partial charge in [-0.05, 0) is 11.5 Å². The number of nitrogen functional groups attached to an aromatic ring is 1. The van der Waals surface area contributed by atoms with Crippen molar-refractivity contribution in [2.45, 2.75) is 27.4 Å². The van der Waals surface area contributed by atoms with E-state index in [9.17, 15) is 9.90 Å². The average molecular weight is 318 g/mol. The molecule has 0 fully saturated rings. The number of aryl methyl sites for hydroxylation is 1. The van der Waals surface area contributed by atoms with E-state index in [0.29, 0.717) is 17.1 Å². The van der Waals surface area contributed by atoms with E-state index in [1.54, 1.807) is 14.1 Å². The highest BCUT2D eigenvalue weighted by molar-refractivity contribution is 6.04. The fourth-order valence-electron chi connectivity index (χ4n) is 2.31. The minimum absolute atomic E-state index is 0. The van der Waals surface area contributed by atoms with Gasteiger partial charge in [-0.2, -0.15) is 5.10 Å². The van der Waals surface area contributed by atoms with Crippen LogP contribution in [0, 0.1) is 5.92 Å². The van der Waals surface area contributed by atoms with Crippen molar-refractivity contribution in [3.8, 4) is 11.3 Å². The maximum Gasteiger partial charge on any atom is 0.257 e. The fourth-order valence-corrected chi connectivity index (χ4v) is 2.31. The summed E-state index contributed by atoms with van der Waals surface area (Å²) in [5.74, 6) is 0.185. The van der Waals surface area contributed by atoms with E-state index in [1.165, 1.54) is 4.68 Å². The van der Waals surface area contributed by atoms with Crippen LogP contribution in [0.4, 0.5) is 5.82 Å². The van der Waals surface area contributed by atoms with Crippen LogP contribution in [-0.2, 0) is 7.05 Å². The maximum absolute atomic E-state index is 12.0. The summed E-state index contributed by atoms with van der Waals surface area (Å²) in [4.78, 5) is 12.0. The minimum Gasteiger partial charge on any atom is -0.388 e. The number of aromatic nitrogens is 2. The number of nitrogens with one attached hydrogen (secondary N) is 1. The molecule has 1 aromatic carbocycles. The lowest BCUT2D eigenvalue weighted by atomic mass is 9.97. The predicted octanol–water partition coefficient (Wildman–Crippen LogP) is 2.35. The zero-order valence-electron chi connectivity index (χ0n) is 13.3. The van der Waals surface area contributed by atoms with Crippen LogP contribution < -0.4 is 11.1 Å². The molecule has 0 spiro atoms. The van der Waals surface area contributed by atoms with Crippen LogP contribution in [0.5, 0.6) is 0 Å². The molecule has 2 aromatic rings. The second-order valence-corrected chi connectivity index (χ2v) is 5.62. The molecule has 0 aliphatic heterocycles. The Morgan fingerprint density at radius 2 is 1.87 bits per heavy atom. The molecule has 6 nitrogen and oxygen atoms in total. The number of aliphatic hydroxyl groups excluding tert-OH is 1. The van der Waals surface area contributed by atoms with Gasteiger partial charge in [-0.15, -0.1) is 0 Å². The summed E-state index contributed by atoms with van der Waals surface area (Å²) in [5, 5.41) is 17.0. The van der Waals surface area contributed by atoms with Gasteiger partial charge >= 0.3 is 0 Å². The molecule has 2 rings (SSSR count). The molecule has 0 bridgehead atoms. The van der Waals surface area contributed by atoms with E-state index in [2.05, 4.69) is 10.4 Å². The van der Waals surface area contributed by atoms with Gasteiger partial charge in [0.25, 0.3) is 5.91 Å². The van der Waals surface area contributed by atoms with Crippen LogP contribution in [-0.4, -0.2) is 27.8 Å². The van der Waals surface area contributed by atoms with Crippen molar-refractivity contribution < 1.29 is 9.90 Å². The molecule has 126 valence electrons. The van der Waals surface area contributed by atoms with Crippen LogP contribution in [0.15, 0.2) is 24.3 Å². The van der Waals surface area contributed by atoms with Gasteiger partial charge in [0.15, 0.2) is 0 Å².